The molecule has 0 saturated carbocycles. The van der Waals surface area contributed by atoms with Gasteiger partial charge in [-0.05, 0) is 31.5 Å². The third-order valence-corrected chi connectivity index (χ3v) is 6.03. The summed E-state index contributed by atoms with van der Waals surface area (Å²) >= 11 is 6.97. The SMILES string of the molecule is Cc1cc(S(=O)(=O)N[C@@H]2CCNC2)sc1Cl. The van der Waals surface area contributed by atoms with E-state index in [0.29, 0.717) is 15.1 Å². The Morgan fingerprint density at radius 2 is 2.38 bits per heavy atom. The van der Waals surface area contributed by atoms with Crippen LogP contribution in [0.1, 0.15) is 12.0 Å². The van der Waals surface area contributed by atoms with Crippen molar-refractivity contribution in [3.8, 4) is 0 Å². The van der Waals surface area contributed by atoms with Gasteiger partial charge in [-0.1, -0.05) is 11.6 Å². The highest BCUT2D eigenvalue weighted by Crippen LogP contribution is 2.30. The van der Waals surface area contributed by atoms with E-state index < -0.39 is 10.0 Å². The van der Waals surface area contributed by atoms with E-state index in [1.165, 1.54) is 0 Å². The van der Waals surface area contributed by atoms with Crippen molar-refractivity contribution < 1.29 is 8.42 Å². The molecule has 90 valence electrons. The van der Waals surface area contributed by atoms with Crippen LogP contribution in [0.5, 0.6) is 0 Å². The van der Waals surface area contributed by atoms with E-state index in [9.17, 15) is 8.42 Å². The van der Waals surface area contributed by atoms with E-state index in [1.54, 1.807) is 13.0 Å². The summed E-state index contributed by atoms with van der Waals surface area (Å²) < 4.78 is 27.4. The van der Waals surface area contributed by atoms with Gasteiger partial charge in [-0.3, -0.25) is 0 Å². The first-order valence-electron chi connectivity index (χ1n) is 4.98. The minimum absolute atomic E-state index is 0.00817. The number of hydrogen-bond donors (Lipinski definition) is 2. The number of hydrogen-bond acceptors (Lipinski definition) is 4. The van der Waals surface area contributed by atoms with Gasteiger partial charge >= 0.3 is 0 Å². The average Bonchev–Trinajstić information content (AvgIpc) is 2.78. The number of thiophene rings is 1. The maximum absolute atomic E-state index is 12.0. The van der Waals surface area contributed by atoms with E-state index >= 15 is 0 Å². The van der Waals surface area contributed by atoms with E-state index in [1.807, 2.05) is 0 Å². The number of aryl methyl sites for hydroxylation is 1. The molecule has 1 saturated heterocycles. The molecule has 2 heterocycles. The highest BCUT2D eigenvalue weighted by atomic mass is 35.5. The molecule has 0 bridgehead atoms. The van der Waals surface area contributed by atoms with Crippen molar-refractivity contribution >= 4 is 33.0 Å². The Balaban J connectivity index is 2.18. The molecule has 1 aromatic heterocycles. The van der Waals surface area contributed by atoms with E-state index in [-0.39, 0.29) is 6.04 Å². The molecule has 1 aromatic rings. The molecule has 2 rings (SSSR count). The molecule has 0 amide bonds. The Morgan fingerprint density at radius 3 is 2.88 bits per heavy atom. The molecule has 1 fully saturated rings. The van der Waals surface area contributed by atoms with Crippen molar-refractivity contribution in [2.45, 2.75) is 23.6 Å². The fourth-order valence-corrected chi connectivity index (χ4v) is 4.59. The van der Waals surface area contributed by atoms with Crippen molar-refractivity contribution in [3.05, 3.63) is 16.0 Å². The van der Waals surface area contributed by atoms with Gasteiger partial charge in [0.15, 0.2) is 0 Å². The van der Waals surface area contributed by atoms with Crippen molar-refractivity contribution in [2.24, 2.45) is 0 Å². The van der Waals surface area contributed by atoms with Gasteiger partial charge in [-0.15, -0.1) is 11.3 Å². The van der Waals surface area contributed by atoms with Gasteiger partial charge in [0.1, 0.15) is 4.21 Å². The van der Waals surface area contributed by atoms with Crippen LogP contribution in [-0.4, -0.2) is 27.5 Å². The lowest BCUT2D eigenvalue weighted by atomic mass is 10.3. The van der Waals surface area contributed by atoms with E-state index in [2.05, 4.69) is 10.0 Å². The molecule has 0 aliphatic carbocycles. The number of halogens is 1. The first-order valence-corrected chi connectivity index (χ1v) is 7.66. The van der Waals surface area contributed by atoms with Gasteiger partial charge in [0.25, 0.3) is 0 Å². The predicted molar refractivity (Wildman–Crippen MR) is 65.7 cm³/mol. The fourth-order valence-electron chi connectivity index (χ4n) is 1.60. The highest BCUT2D eigenvalue weighted by Gasteiger charge is 2.24. The Hall–Kier alpha value is -0.140. The zero-order valence-electron chi connectivity index (χ0n) is 8.79. The zero-order chi connectivity index (χ0) is 11.8. The molecule has 7 heteroatoms. The van der Waals surface area contributed by atoms with Gasteiger partial charge < -0.3 is 5.32 Å². The quantitative estimate of drug-likeness (QED) is 0.879. The molecular weight excluding hydrogens is 268 g/mol. The lowest BCUT2D eigenvalue weighted by Crippen LogP contribution is -2.35. The van der Waals surface area contributed by atoms with Crippen LogP contribution in [0.3, 0.4) is 0 Å². The van der Waals surface area contributed by atoms with Crippen LogP contribution in [-0.2, 0) is 10.0 Å². The monoisotopic (exact) mass is 280 g/mol. The van der Waals surface area contributed by atoms with Crippen LogP contribution in [0.2, 0.25) is 4.34 Å². The minimum Gasteiger partial charge on any atom is -0.315 e. The summed E-state index contributed by atoms with van der Waals surface area (Å²) in [6.45, 7) is 3.35. The van der Waals surface area contributed by atoms with Gasteiger partial charge in [0.2, 0.25) is 10.0 Å². The van der Waals surface area contributed by atoms with Crippen molar-refractivity contribution in [3.63, 3.8) is 0 Å². The van der Waals surface area contributed by atoms with Crippen molar-refractivity contribution in [1.82, 2.24) is 10.0 Å². The molecule has 0 unspecified atom stereocenters. The van der Waals surface area contributed by atoms with Crippen molar-refractivity contribution in [1.29, 1.82) is 0 Å². The van der Waals surface area contributed by atoms with Gasteiger partial charge in [-0.2, -0.15) is 0 Å². The second kappa shape index (κ2) is 4.62. The van der Waals surface area contributed by atoms with Crippen LogP contribution >= 0.6 is 22.9 Å². The second-order valence-electron chi connectivity index (χ2n) is 3.83. The normalized spacial score (nSPS) is 21.5. The van der Waals surface area contributed by atoms with E-state index in [0.717, 1.165) is 29.9 Å². The fraction of sp³-hybridized carbons (Fsp3) is 0.556. The summed E-state index contributed by atoms with van der Waals surface area (Å²) in [6, 6.07) is 1.60. The first-order chi connectivity index (χ1) is 7.49. The predicted octanol–water partition coefficient (Wildman–Crippen LogP) is 1.35. The zero-order valence-corrected chi connectivity index (χ0v) is 11.2. The van der Waals surface area contributed by atoms with Gasteiger partial charge in [0.05, 0.1) is 4.34 Å². The summed E-state index contributed by atoms with van der Waals surface area (Å²) in [4.78, 5) is 0. The Labute approximate surface area is 104 Å². The van der Waals surface area contributed by atoms with E-state index in [4.69, 9.17) is 11.6 Å². The lowest BCUT2D eigenvalue weighted by molar-refractivity contribution is 0.562. The summed E-state index contributed by atoms with van der Waals surface area (Å²) in [5.41, 5.74) is 0.802. The molecule has 2 N–H and O–H groups in total. The molecule has 1 atom stereocenters. The third kappa shape index (κ3) is 2.57. The molecule has 1 aliphatic rings. The summed E-state index contributed by atoms with van der Waals surface area (Å²) in [7, 11) is -3.40. The largest absolute Gasteiger partial charge is 0.315 e. The highest BCUT2D eigenvalue weighted by molar-refractivity contribution is 7.91. The first kappa shape index (κ1) is 12.3. The molecule has 0 spiro atoms. The Kier molecular flexibility index (Phi) is 3.56. The minimum atomic E-state index is -3.40. The van der Waals surface area contributed by atoms with Crippen molar-refractivity contribution in [2.75, 3.05) is 13.1 Å². The van der Waals surface area contributed by atoms with Gasteiger partial charge in [-0.25, -0.2) is 13.1 Å². The summed E-state index contributed by atoms with van der Waals surface area (Å²) in [5.74, 6) is 0. The Morgan fingerprint density at radius 1 is 1.62 bits per heavy atom. The molecule has 1 aliphatic heterocycles. The molecule has 0 radical (unpaired) electrons. The van der Waals surface area contributed by atoms with Crippen LogP contribution in [0, 0.1) is 6.92 Å². The van der Waals surface area contributed by atoms with Crippen LogP contribution in [0.4, 0.5) is 0 Å². The van der Waals surface area contributed by atoms with Crippen LogP contribution in [0.25, 0.3) is 0 Å². The summed E-state index contributed by atoms with van der Waals surface area (Å²) in [6.07, 6.45) is 0.831. The van der Waals surface area contributed by atoms with Gasteiger partial charge in [0, 0.05) is 12.6 Å². The lowest BCUT2D eigenvalue weighted by Gasteiger charge is -2.10. The third-order valence-electron chi connectivity index (χ3n) is 2.48. The number of nitrogens with one attached hydrogen (secondary N) is 2. The topological polar surface area (TPSA) is 58.2 Å². The molecular formula is C9H13ClN2O2S2. The number of rotatable bonds is 3. The van der Waals surface area contributed by atoms with Crippen LogP contribution in [0.15, 0.2) is 10.3 Å². The Bertz CT molecular complexity index is 458. The standard InChI is InChI=1S/C9H13ClN2O2S2/c1-6-4-8(15-9(6)10)16(13,14)12-7-2-3-11-5-7/h4,7,11-12H,2-3,5H2,1H3/t7-/m1/s1. The molecule has 0 aromatic carbocycles. The molecule has 4 nitrogen and oxygen atoms in total. The number of sulfonamides is 1. The maximum Gasteiger partial charge on any atom is 0.250 e. The average molecular weight is 281 g/mol. The maximum atomic E-state index is 12.0. The summed E-state index contributed by atoms with van der Waals surface area (Å²) in [5, 5.41) is 3.11. The smallest absolute Gasteiger partial charge is 0.250 e. The second-order valence-corrected chi connectivity index (χ2v) is 7.43. The molecule has 16 heavy (non-hydrogen) atoms. The van der Waals surface area contributed by atoms with Crippen LogP contribution < -0.4 is 10.0 Å².